The van der Waals surface area contributed by atoms with Crippen molar-refractivity contribution in [3.8, 4) is 22.5 Å². The van der Waals surface area contributed by atoms with Crippen molar-refractivity contribution in [2.45, 2.75) is 0 Å². The van der Waals surface area contributed by atoms with Crippen LogP contribution in [-0.4, -0.2) is 9.97 Å². The van der Waals surface area contributed by atoms with Crippen LogP contribution in [0.1, 0.15) is 0 Å². The summed E-state index contributed by atoms with van der Waals surface area (Å²) >= 11 is 6.25. The zero-order valence-corrected chi connectivity index (χ0v) is 12.5. The Morgan fingerprint density at radius 2 is 1.41 bits per heavy atom. The second-order valence-corrected chi connectivity index (χ2v) is 5.57. The average molecular weight is 305 g/mol. The van der Waals surface area contributed by atoms with Crippen LogP contribution < -0.4 is 0 Å². The minimum absolute atomic E-state index is 0.763. The molecule has 4 rings (SSSR count). The minimum Gasteiger partial charge on any atom is -0.338 e. The first-order valence-electron chi connectivity index (χ1n) is 7.11. The molecule has 106 valence electrons. The van der Waals surface area contributed by atoms with E-state index < -0.39 is 0 Å². The number of aromatic nitrogens is 2. The van der Waals surface area contributed by atoms with E-state index >= 15 is 0 Å². The lowest BCUT2D eigenvalue weighted by molar-refractivity contribution is 1.34. The first kappa shape index (κ1) is 13.1. The molecule has 1 N–H and O–H groups in total. The highest BCUT2D eigenvalue weighted by atomic mass is 35.5. The zero-order chi connectivity index (χ0) is 14.9. The summed E-state index contributed by atoms with van der Waals surface area (Å²) in [5.41, 5.74) is 5.23. The Kier molecular flexibility index (Phi) is 3.17. The van der Waals surface area contributed by atoms with E-state index in [1.807, 2.05) is 48.5 Å². The molecule has 0 aliphatic rings. The second kappa shape index (κ2) is 5.32. The fourth-order valence-corrected chi connectivity index (χ4v) is 2.84. The van der Waals surface area contributed by atoms with Crippen LogP contribution in [0.3, 0.4) is 0 Å². The molecule has 4 aromatic rings. The van der Waals surface area contributed by atoms with Crippen molar-refractivity contribution >= 4 is 22.6 Å². The molecule has 1 heterocycles. The quantitative estimate of drug-likeness (QED) is 0.516. The van der Waals surface area contributed by atoms with E-state index in [4.69, 9.17) is 11.6 Å². The van der Waals surface area contributed by atoms with Crippen LogP contribution >= 0.6 is 11.6 Å². The van der Waals surface area contributed by atoms with Crippen LogP contribution in [-0.2, 0) is 0 Å². The fourth-order valence-electron chi connectivity index (χ4n) is 2.59. The Hall–Kier alpha value is -2.58. The third-order valence-electron chi connectivity index (χ3n) is 3.73. The monoisotopic (exact) mass is 304 g/mol. The van der Waals surface area contributed by atoms with E-state index in [1.54, 1.807) is 0 Å². The standard InChI is InChI=1S/C19H13ClN2/c20-16-6-2-1-5-15(16)13-9-11-14(12-10-13)19-21-17-7-3-4-8-18(17)22-19/h1-12H,(H,21,22). The Morgan fingerprint density at radius 3 is 2.18 bits per heavy atom. The first-order valence-corrected chi connectivity index (χ1v) is 7.49. The zero-order valence-electron chi connectivity index (χ0n) is 11.8. The number of hydrogen-bond donors (Lipinski definition) is 1. The second-order valence-electron chi connectivity index (χ2n) is 5.16. The van der Waals surface area contributed by atoms with Gasteiger partial charge in [-0.15, -0.1) is 0 Å². The van der Waals surface area contributed by atoms with Crippen LogP contribution in [0, 0.1) is 0 Å². The van der Waals surface area contributed by atoms with E-state index in [0.717, 1.165) is 38.6 Å². The molecule has 3 heteroatoms. The number of aromatic amines is 1. The molecule has 0 aliphatic heterocycles. The van der Waals surface area contributed by atoms with Crippen molar-refractivity contribution in [3.63, 3.8) is 0 Å². The van der Waals surface area contributed by atoms with Crippen LogP contribution in [0.2, 0.25) is 5.02 Å². The molecule has 0 atom stereocenters. The molecule has 0 bridgehead atoms. The highest BCUT2D eigenvalue weighted by Gasteiger charge is 2.06. The molecule has 0 fully saturated rings. The SMILES string of the molecule is Clc1ccccc1-c1ccc(-c2nc3ccccc3[nH]2)cc1. The molecule has 22 heavy (non-hydrogen) atoms. The summed E-state index contributed by atoms with van der Waals surface area (Å²) in [5.74, 6) is 0.881. The van der Waals surface area contributed by atoms with Crippen LogP contribution in [0.4, 0.5) is 0 Å². The molecule has 0 unspecified atom stereocenters. The van der Waals surface area contributed by atoms with Crippen molar-refractivity contribution in [3.05, 3.63) is 77.8 Å². The summed E-state index contributed by atoms with van der Waals surface area (Å²) in [7, 11) is 0. The molecule has 0 spiro atoms. The lowest BCUT2D eigenvalue weighted by atomic mass is 10.0. The van der Waals surface area contributed by atoms with E-state index in [1.165, 1.54) is 0 Å². The number of nitrogens with zero attached hydrogens (tertiary/aromatic N) is 1. The lowest BCUT2D eigenvalue weighted by Crippen LogP contribution is -1.82. The summed E-state index contributed by atoms with van der Waals surface area (Å²) in [6.07, 6.45) is 0. The number of fused-ring (bicyclic) bond motifs is 1. The third-order valence-corrected chi connectivity index (χ3v) is 4.06. The molecule has 1 aromatic heterocycles. The molecule has 0 saturated heterocycles. The van der Waals surface area contributed by atoms with E-state index in [9.17, 15) is 0 Å². The summed E-state index contributed by atoms with van der Waals surface area (Å²) in [6, 6.07) is 24.2. The third kappa shape index (κ3) is 2.28. The van der Waals surface area contributed by atoms with Gasteiger partial charge in [0.25, 0.3) is 0 Å². The maximum Gasteiger partial charge on any atom is 0.138 e. The Labute approximate surface area is 133 Å². The van der Waals surface area contributed by atoms with Gasteiger partial charge in [-0.05, 0) is 23.8 Å². The Balaban J connectivity index is 1.74. The van der Waals surface area contributed by atoms with E-state index in [-0.39, 0.29) is 0 Å². The van der Waals surface area contributed by atoms with Crippen molar-refractivity contribution < 1.29 is 0 Å². The molecule has 0 saturated carbocycles. The van der Waals surface area contributed by atoms with Crippen molar-refractivity contribution in [2.75, 3.05) is 0 Å². The predicted octanol–water partition coefficient (Wildman–Crippen LogP) is 5.55. The highest BCUT2D eigenvalue weighted by molar-refractivity contribution is 6.33. The number of benzene rings is 3. The van der Waals surface area contributed by atoms with E-state index in [2.05, 4.69) is 34.2 Å². The van der Waals surface area contributed by atoms with Crippen molar-refractivity contribution in [1.82, 2.24) is 9.97 Å². The highest BCUT2D eigenvalue weighted by Crippen LogP contribution is 2.29. The summed E-state index contributed by atoms with van der Waals surface area (Å²) in [4.78, 5) is 7.97. The van der Waals surface area contributed by atoms with Gasteiger partial charge in [0.05, 0.1) is 11.0 Å². The summed E-state index contributed by atoms with van der Waals surface area (Å²) in [5, 5.41) is 0.763. The molecule has 2 nitrogen and oxygen atoms in total. The van der Waals surface area contributed by atoms with Crippen LogP contribution in [0.15, 0.2) is 72.8 Å². The number of nitrogens with one attached hydrogen (secondary N) is 1. The fraction of sp³-hybridized carbons (Fsp3) is 0. The number of H-pyrrole nitrogens is 1. The van der Waals surface area contributed by atoms with E-state index in [0.29, 0.717) is 0 Å². The Bertz CT molecular complexity index is 906. The van der Waals surface area contributed by atoms with Gasteiger partial charge in [0.15, 0.2) is 0 Å². The number of para-hydroxylation sites is 2. The van der Waals surface area contributed by atoms with Crippen LogP contribution in [0.5, 0.6) is 0 Å². The normalized spacial score (nSPS) is 11.0. The molecule has 0 aliphatic carbocycles. The molecular formula is C19H13ClN2. The molecule has 0 radical (unpaired) electrons. The van der Waals surface area contributed by atoms with Gasteiger partial charge in [-0.25, -0.2) is 4.98 Å². The van der Waals surface area contributed by atoms with Gasteiger partial charge >= 0.3 is 0 Å². The summed E-state index contributed by atoms with van der Waals surface area (Å²) < 4.78 is 0. The average Bonchev–Trinajstić information content (AvgIpc) is 2.99. The number of imidazole rings is 1. The maximum absolute atomic E-state index is 6.25. The van der Waals surface area contributed by atoms with Gasteiger partial charge in [-0.2, -0.15) is 0 Å². The number of rotatable bonds is 2. The molecule has 0 amide bonds. The van der Waals surface area contributed by atoms with Gasteiger partial charge in [0, 0.05) is 16.1 Å². The smallest absolute Gasteiger partial charge is 0.138 e. The van der Waals surface area contributed by atoms with Gasteiger partial charge in [0.1, 0.15) is 5.82 Å². The number of hydrogen-bond acceptors (Lipinski definition) is 1. The van der Waals surface area contributed by atoms with Crippen molar-refractivity contribution in [1.29, 1.82) is 0 Å². The lowest BCUT2D eigenvalue weighted by Gasteiger charge is -2.05. The molecular weight excluding hydrogens is 292 g/mol. The largest absolute Gasteiger partial charge is 0.338 e. The maximum atomic E-state index is 6.25. The van der Waals surface area contributed by atoms with Crippen LogP contribution in [0.25, 0.3) is 33.5 Å². The number of halogens is 1. The first-order chi connectivity index (χ1) is 10.8. The van der Waals surface area contributed by atoms with Gasteiger partial charge in [-0.1, -0.05) is 66.2 Å². The predicted molar refractivity (Wildman–Crippen MR) is 92.0 cm³/mol. The Morgan fingerprint density at radius 1 is 0.727 bits per heavy atom. The van der Waals surface area contributed by atoms with Gasteiger partial charge in [-0.3, -0.25) is 0 Å². The summed E-state index contributed by atoms with van der Waals surface area (Å²) in [6.45, 7) is 0. The van der Waals surface area contributed by atoms with Crippen molar-refractivity contribution in [2.24, 2.45) is 0 Å². The van der Waals surface area contributed by atoms with Gasteiger partial charge in [0.2, 0.25) is 0 Å². The minimum atomic E-state index is 0.763. The molecule has 3 aromatic carbocycles. The van der Waals surface area contributed by atoms with Gasteiger partial charge < -0.3 is 4.98 Å². The topological polar surface area (TPSA) is 28.7 Å².